The largest absolute Gasteiger partial charge is 0.392 e. The molecule has 0 aromatic heterocycles. The Morgan fingerprint density at radius 3 is 2.64 bits per heavy atom. The molecule has 2 aliphatic rings. The molecule has 2 fully saturated rings. The van der Waals surface area contributed by atoms with Crippen molar-refractivity contribution in [1.29, 1.82) is 0 Å². The number of aliphatic hydroxyl groups excluding tert-OH is 1. The average molecular weight is 410 g/mol. The van der Waals surface area contributed by atoms with E-state index in [1.165, 1.54) is 0 Å². The maximum absolute atomic E-state index is 12.7. The number of ether oxygens (including phenoxy) is 1. The second kappa shape index (κ2) is 8.42. The van der Waals surface area contributed by atoms with Crippen LogP contribution in [-0.4, -0.2) is 54.4 Å². The minimum absolute atomic E-state index is 0. The van der Waals surface area contributed by atoms with Crippen molar-refractivity contribution in [2.45, 2.75) is 31.5 Å². The van der Waals surface area contributed by atoms with Gasteiger partial charge in [0.1, 0.15) is 0 Å². The number of nitrogens with zero attached hydrogens (tertiary/aromatic N) is 1. The van der Waals surface area contributed by atoms with Crippen molar-refractivity contribution in [1.82, 2.24) is 4.90 Å². The Balaban J connectivity index is 0.00000225. The van der Waals surface area contributed by atoms with Gasteiger partial charge in [-0.25, -0.2) is 0 Å². The fourth-order valence-corrected chi connectivity index (χ4v) is 4.17. The second-order valence-corrected chi connectivity index (χ2v) is 7.31. The van der Waals surface area contributed by atoms with Gasteiger partial charge < -0.3 is 20.5 Å². The highest BCUT2D eigenvalue weighted by atomic mass is 35.5. The molecule has 2 atom stereocenters. The van der Waals surface area contributed by atoms with E-state index < -0.39 is 0 Å². The lowest BCUT2D eigenvalue weighted by atomic mass is 9.58. The molecule has 25 heavy (non-hydrogen) atoms. The molecule has 5 nitrogen and oxygen atoms in total. The molecule has 140 valence electrons. The first kappa shape index (κ1) is 20.7. The molecule has 1 aliphatic carbocycles. The van der Waals surface area contributed by atoms with E-state index in [4.69, 9.17) is 33.7 Å². The van der Waals surface area contributed by atoms with Crippen molar-refractivity contribution < 1.29 is 14.6 Å². The van der Waals surface area contributed by atoms with Gasteiger partial charge in [-0.15, -0.1) is 12.4 Å². The first-order valence-corrected chi connectivity index (χ1v) is 8.98. The smallest absolute Gasteiger partial charge is 0.255 e. The standard InChI is InChI=1S/C17H22Cl2N2O3.ClH/c18-12-3-1-2-11(15(12)19)16(23)21-7-4-17(5-8-21)13(22)10-14(17)24-9-6-20;/h1-3,13-14,22H,4-10,20H2;1H/t13-,14+;/m1./s1. The molecule has 1 heterocycles. The summed E-state index contributed by atoms with van der Waals surface area (Å²) in [6.07, 6.45) is 1.74. The van der Waals surface area contributed by atoms with Gasteiger partial charge in [-0.3, -0.25) is 4.79 Å². The number of hydrogen-bond donors (Lipinski definition) is 2. The summed E-state index contributed by atoms with van der Waals surface area (Å²) in [4.78, 5) is 14.5. The van der Waals surface area contributed by atoms with E-state index in [9.17, 15) is 9.90 Å². The molecule has 1 amide bonds. The lowest BCUT2D eigenvalue weighted by Gasteiger charge is -2.56. The van der Waals surface area contributed by atoms with Crippen LogP contribution in [0.5, 0.6) is 0 Å². The number of benzene rings is 1. The van der Waals surface area contributed by atoms with Gasteiger partial charge in [-0.1, -0.05) is 29.3 Å². The normalized spacial score (nSPS) is 24.6. The third-order valence-electron chi connectivity index (χ3n) is 5.34. The quantitative estimate of drug-likeness (QED) is 0.802. The van der Waals surface area contributed by atoms with E-state index in [2.05, 4.69) is 0 Å². The van der Waals surface area contributed by atoms with E-state index in [0.717, 1.165) is 0 Å². The third-order valence-corrected chi connectivity index (χ3v) is 6.16. The zero-order valence-electron chi connectivity index (χ0n) is 13.8. The fourth-order valence-electron chi connectivity index (χ4n) is 3.79. The predicted octanol–water partition coefficient (Wildman–Crippen LogP) is 2.75. The number of piperidine rings is 1. The number of carbonyl (C=O) groups excluding carboxylic acids is 1. The summed E-state index contributed by atoms with van der Waals surface area (Å²) in [5.74, 6) is -0.120. The minimum atomic E-state index is -0.368. The van der Waals surface area contributed by atoms with Gasteiger partial charge in [0.2, 0.25) is 0 Å². The molecule has 1 aromatic rings. The molecule has 1 spiro atoms. The molecule has 0 radical (unpaired) electrons. The van der Waals surface area contributed by atoms with Crippen LogP contribution in [0.1, 0.15) is 29.6 Å². The second-order valence-electron chi connectivity index (χ2n) is 6.53. The Bertz CT molecular complexity index is 621. The third kappa shape index (κ3) is 3.77. The van der Waals surface area contributed by atoms with Crippen molar-refractivity contribution in [3.63, 3.8) is 0 Å². The van der Waals surface area contributed by atoms with E-state index in [0.29, 0.717) is 56.1 Å². The van der Waals surface area contributed by atoms with Crippen LogP contribution in [-0.2, 0) is 4.74 Å². The van der Waals surface area contributed by atoms with Crippen LogP contribution in [0.2, 0.25) is 10.0 Å². The van der Waals surface area contributed by atoms with Gasteiger partial charge in [-0.05, 0) is 25.0 Å². The van der Waals surface area contributed by atoms with Gasteiger partial charge in [0.05, 0.1) is 34.4 Å². The summed E-state index contributed by atoms with van der Waals surface area (Å²) in [5.41, 5.74) is 5.67. The molecule has 1 aliphatic heterocycles. The number of nitrogens with two attached hydrogens (primary N) is 1. The van der Waals surface area contributed by atoms with Gasteiger partial charge >= 0.3 is 0 Å². The van der Waals surface area contributed by atoms with Crippen molar-refractivity contribution in [3.05, 3.63) is 33.8 Å². The van der Waals surface area contributed by atoms with E-state index >= 15 is 0 Å². The van der Waals surface area contributed by atoms with Crippen molar-refractivity contribution in [2.75, 3.05) is 26.2 Å². The molecule has 1 aromatic carbocycles. The van der Waals surface area contributed by atoms with Gasteiger partial charge in [0.25, 0.3) is 5.91 Å². The Morgan fingerprint density at radius 1 is 1.36 bits per heavy atom. The van der Waals surface area contributed by atoms with Gasteiger partial charge in [-0.2, -0.15) is 0 Å². The number of halogens is 3. The lowest BCUT2D eigenvalue weighted by molar-refractivity contribution is -0.207. The Labute approximate surface area is 163 Å². The molecule has 8 heteroatoms. The summed E-state index contributed by atoms with van der Waals surface area (Å²) >= 11 is 12.2. The highest BCUT2D eigenvalue weighted by Gasteiger charge is 2.56. The topological polar surface area (TPSA) is 75.8 Å². The van der Waals surface area contributed by atoms with Crippen LogP contribution in [0, 0.1) is 5.41 Å². The zero-order chi connectivity index (χ0) is 17.3. The predicted molar refractivity (Wildman–Crippen MR) is 101 cm³/mol. The number of amides is 1. The zero-order valence-corrected chi connectivity index (χ0v) is 16.1. The number of carbonyl (C=O) groups is 1. The molecule has 1 saturated carbocycles. The van der Waals surface area contributed by atoms with Crippen molar-refractivity contribution in [3.8, 4) is 0 Å². The summed E-state index contributed by atoms with van der Waals surface area (Å²) in [6, 6.07) is 5.07. The van der Waals surface area contributed by atoms with E-state index in [1.807, 2.05) is 0 Å². The fraction of sp³-hybridized carbons (Fsp3) is 0.588. The maximum Gasteiger partial charge on any atom is 0.255 e. The van der Waals surface area contributed by atoms with Crippen LogP contribution < -0.4 is 5.73 Å². The first-order chi connectivity index (χ1) is 11.5. The molecule has 0 unspecified atom stereocenters. The Hall–Kier alpha value is -0.560. The number of aliphatic hydroxyl groups is 1. The average Bonchev–Trinajstić information content (AvgIpc) is 2.60. The number of rotatable bonds is 4. The summed E-state index contributed by atoms with van der Waals surface area (Å²) in [6.45, 7) is 2.11. The van der Waals surface area contributed by atoms with Crippen LogP contribution in [0.15, 0.2) is 18.2 Å². The maximum atomic E-state index is 12.7. The highest BCUT2D eigenvalue weighted by molar-refractivity contribution is 6.43. The van der Waals surface area contributed by atoms with Crippen LogP contribution in [0.3, 0.4) is 0 Å². The molecule has 3 rings (SSSR count). The van der Waals surface area contributed by atoms with E-state index in [-0.39, 0.29) is 41.0 Å². The molecule has 0 bridgehead atoms. The number of likely N-dealkylation sites (tertiary alicyclic amines) is 1. The van der Waals surface area contributed by atoms with E-state index in [1.54, 1.807) is 23.1 Å². The summed E-state index contributed by atoms with van der Waals surface area (Å²) < 4.78 is 5.78. The molecule has 3 N–H and O–H groups in total. The van der Waals surface area contributed by atoms with Crippen molar-refractivity contribution in [2.24, 2.45) is 11.1 Å². The first-order valence-electron chi connectivity index (χ1n) is 8.22. The Morgan fingerprint density at radius 2 is 2.04 bits per heavy atom. The molecular formula is C17H23Cl3N2O3. The monoisotopic (exact) mass is 408 g/mol. The minimum Gasteiger partial charge on any atom is -0.392 e. The highest BCUT2D eigenvalue weighted by Crippen LogP contribution is 2.51. The van der Waals surface area contributed by atoms with Crippen LogP contribution in [0.25, 0.3) is 0 Å². The van der Waals surface area contributed by atoms with Gasteiger partial charge in [0.15, 0.2) is 0 Å². The number of hydrogen-bond acceptors (Lipinski definition) is 4. The van der Waals surface area contributed by atoms with Crippen LogP contribution in [0.4, 0.5) is 0 Å². The SMILES string of the molecule is Cl.NCCO[C@H]1C[C@@H](O)C12CCN(C(=O)c1cccc(Cl)c1Cl)CC2. The summed E-state index contributed by atoms with van der Waals surface area (Å²) in [7, 11) is 0. The molecule has 1 saturated heterocycles. The lowest BCUT2D eigenvalue weighted by Crippen LogP contribution is -2.62. The van der Waals surface area contributed by atoms with Crippen molar-refractivity contribution >= 4 is 41.5 Å². The summed E-state index contributed by atoms with van der Waals surface area (Å²) in [5, 5.41) is 10.9. The Kier molecular flexibility index (Phi) is 6.99. The molecular weight excluding hydrogens is 387 g/mol. The van der Waals surface area contributed by atoms with Crippen LogP contribution >= 0.6 is 35.6 Å². The van der Waals surface area contributed by atoms with Gasteiger partial charge in [0, 0.05) is 31.5 Å².